The Labute approximate surface area is 110 Å². The fraction of sp³-hybridized carbons (Fsp3) is 0.545. The van der Waals surface area contributed by atoms with E-state index in [9.17, 15) is 4.79 Å². The van der Waals surface area contributed by atoms with Crippen molar-refractivity contribution in [2.45, 2.75) is 12.1 Å². The lowest BCUT2D eigenvalue weighted by Crippen LogP contribution is -2.42. The van der Waals surface area contributed by atoms with Gasteiger partial charge in [-0.1, -0.05) is 5.16 Å². The second-order valence-electron chi connectivity index (χ2n) is 4.77. The number of nitrogens with zero attached hydrogens (tertiary/aromatic N) is 5. The van der Waals surface area contributed by atoms with Crippen LogP contribution in [0.1, 0.15) is 23.3 Å². The molecule has 8 nitrogen and oxygen atoms in total. The van der Waals surface area contributed by atoms with Crippen LogP contribution in [0.15, 0.2) is 11.4 Å². The van der Waals surface area contributed by atoms with Crippen LogP contribution in [0.25, 0.3) is 0 Å². The van der Waals surface area contributed by atoms with Crippen LogP contribution in [-0.4, -0.2) is 52.1 Å². The zero-order valence-electron chi connectivity index (χ0n) is 11.1. The molecule has 0 saturated carbocycles. The normalized spacial score (nSPS) is 25.8. The van der Waals surface area contributed by atoms with Gasteiger partial charge in [0.15, 0.2) is 5.84 Å². The molecule has 0 radical (unpaired) electrons. The molecule has 8 heteroatoms. The minimum absolute atomic E-state index is 0.0304. The summed E-state index contributed by atoms with van der Waals surface area (Å²) in [6.07, 6.45) is 1.79. The van der Waals surface area contributed by atoms with E-state index < -0.39 is 6.04 Å². The van der Waals surface area contributed by atoms with Gasteiger partial charge in [-0.2, -0.15) is 5.10 Å². The first-order chi connectivity index (χ1) is 9.06. The molecule has 2 N–H and O–H groups in total. The summed E-state index contributed by atoms with van der Waals surface area (Å²) in [7, 11) is 5.05. The highest BCUT2D eigenvalue weighted by molar-refractivity contribution is 5.92. The molecule has 1 saturated heterocycles. The smallest absolute Gasteiger partial charge is 0.321 e. The van der Waals surface area contributed by atoms with Crippen molar-refractivity contribution in [1.82, 2.24) is 19.6 Å². The summed E-state index contributed by atoms with van der Waals surface area (Å²) < 4.78 is 1.74. The van der Waals surface area contributed by atoms with Gasteiger partial charge < -0.3 is 20.4 Å². The van der Waals surface area contributed by atoms with Gasteiger partial charge >= 0.3 is 6.03 Å². The summed E-state index contributed by atoms with van der Waals surface area (Å²) in [4.78, 5) is 20.4. The Bertz CT molecular complexity index is 566. The number of carbonyl (C=O) groups is 1. The molecule has 1 aromatic rings. The number of oxime groups is 1. The average molecular weight is 264 g/mol. The van der Waals surface area contributed by atoms with Crippen molar-refractivity contribution in [2.24, 2.45) is 17.9 Å². The van der Waals surface area contributed by atoms with Gasteiger partial charge in [0.1, 0.15) is 13.2 Å². The lowest BCUT2D eigenvalue weighted by molar-refractivity contribution is 0.187. The van der Waals surface area contributed by atoms with Crippen LogP contribution in [0.4, 0.5) is 4.79 Å². The molecule has 0 aliphatic carbocycles. The van der Waals surface area contributed by atoms with Crippen LogP contribution in [0.2, 0.25) is 0 Å². The summed E-state index contributed by atoms with van der Waals surface area (Å²) in [6.45, 7) is 0.596. The molecule has 3 rings (SSSR count). The van der Waals surface area contributed by atoms with Gasteiger partial charge in [-0.25, -0.2) is 4.79 Å². The number of hydrogen-bond donors (Lipinski definition) is 1. The number of aryl methyl sites for hydroxylation is 1. The molecule has 0 spiro atoms. The number of amidine groups is 1. The summed E-state index contributed by atoms with van der Waals surface area (Å²) in [5, 5.41) is 8.05. The first-order valence-corrected chi connectivity index (χ1v) is 5.98. The number of fused-ring (bicyclic) bond motifs is 4. The van der Waals surface area contributed by atoms with Crippen molar-refractivity contribution < 1.29 is 9.63 Å². The van der Waals surface area contributed by atoms with Gasteiger partial charge in [-0.05, 0) is 0 Å². The Morgan fingerprint density at radius 3 is 3.00 bits per heavy atom. The van der Waals surface area contributed by atoms with E-state index in [0.717, 1.165) is 11.3 Å². The van der Waals surface area contributed by atoms with E-state index in [-0.39, 0.29) is 17.9 Å². The highest BCUT2D eigenvalue weighted by atomic mass is 16.6. The molecule has 1 aromatic heterocycles. The predicted molar refractivity (Wildman–Crippen MR) is 67.2 cm³/mol. The fourth-order valence-electron chi connectivity index (χ4n) is 2.90. The molecule has 0 aromatic carbocycles. The van der Waals surface area contributed by atoms with Crippen molar-refractivity contribution >= 4 is 11.9 Å². The van der Waals surface area contributed by atoms with Crippen molar-refractivity contribution in [2.75, 3.05) is 20.7 Å². The first-order valence-electron chi connectivity index (χ1n) is 5.98. The predicted octanol–water partition coefficient (Wildman–Crippen LogP) is -0.198. The maximum absolute atomic E-state index is 12.3. The van der Waals surface area contributed by atoms with Crippen LogP contribution in [0.3, 0.4) is 0 Å². The minimum Gasteiger partial charge on any atom is -0.398 e. The molecule has 1 fully saturated rings. The van der Waals surface area contributed by atoms with E-state index >= 15 is 0 Å². The van der Waals surface area contributed by atoms with Crippen LogP contribution >= 0.6 is 0 Å². The maximum atomic E-state index is 12.3. The zero-order valence-corrected chi connectivity index (χ0v) is 11.1. The fourth-order valence-corrected chi connectivity index (χ4v) is 2.90. The van der Waals surface area contributed by atoms with Crippen molar-refractivity contribution in [1.29, 1.82) is 0 Å². The van der Waals surface area contributed by atoms with Crippen molar-refractivity contribution in [3.8, 4) is 0 Å². The molecular formula is C11H16N6O2. The second-order valence-corrected chi connectivity index (χ2v) is 4.77. The summed E-state index contributed by atoms with van der Waals surface area (Å²) in [6, 6.07) is -0.445. The zero-order chi connectivity index (χ0) is 13.7. The van der Waals surface area contributed by atoms with Crippen LogP contribution in [-0.2, 0) is 11.9 Å². The maximum Gasteiger partial charge on any atom is 0.321 e. The monoisotopic (exact) mass is 264 g/mol. The minimum atomic E-state index is -0.420. The van der Waals surface area contributed by atoms with Crippen LogP contribution in [0.5, 0.6) is 0 Å². The number of nitrogens with two attached hydrogens (primary N) is 1. The van der Waals surface area contributed by atoms with E-state index in [1.165, 1.54) is 7.11 Å². The van der Waals surface area contributed by atoms with Gasteiger partial charge in [0.05, 0.1) is 17.9 Å². The molecule has 2 amide bonds. The van der Waals surface area contributed by atoms with Crippen molar-refractivity contribution in [3.63, 3.8) is 0 Å². The average Bonchev–Trinajstić information content (AvgIpc) is 2.87. The topological polar surface area (TPSA) is 89.0 Å². The van der Waals surface area contributed by atoms with E-state index in [1.807, 2.05) is 7.05 Å². The Balaban J connectivity index is 2.16. The number of hydrogen-bond acceptors (Lipinski definition) is 4. The summed E-state index contributed by atoms with van der Waals surface area (Å²) in [5.74, 6) is 0.259. The third kappa shape index (κ3) is 1.42. The summed E-state index contributed by atoms with van der Waals surface area (Å²) >= 11 is 0. The molecule has 2 atom stereocenters. The lowest BCUT2D eigenvalue weighted by atomic mass is 9.97. The molecule has 3 heterocycles. The number of amides is 2. The number of rotatable bonds is 2. The second kappa shape index (κ2) is 3.87. The highest BCUT2D eigenvalue weighted by Crippen LogP contribution is 2.42. The van der Waals surface area contributed by atoms with Gasteiger partial charge in [0.25, 0.3) is 0 Å². The van der Waals surface area contributed by atoms with Crippen LogP contribution in [0, 0.1) is 0 Å². The number of aromatic nitrogens is 2. The van der Waals surface area contributed by atoms with Crippen molar-refractivity contribution in [3.05, 3.63) is 17.5 Å². The SMILES string of the molecule is CO/N=C(\N)[C@@H]1c2c(cnn2C)[C@@H]2CN1C(=O)N2C. The lowest BCUT2D eigenvalue weighted by Gasteiger charge is -2.30. The molecule has 0 unspecified atom stereocenters. The quantitative estimate of drug-likeness (QED) is 0.455. The van der Waals surface area contributed by atoms with Gasteiger partial charge in [-0.15, -0.1) is 0 Å². The largest absolute Gasteiger partial charge is 0.398 e. The third-order valence-corrected chi connectivity index (χ3v) is 3.81. The number of carbonyl (C=O) groups excluding carboxylic acids is 1. The van der Waals surface area contributed by atoms with E-state index in [0.29, 0.717) is 6.54 Å². The highest BCUT2D eigenvalue weighted by Gasteiger charge is 2.49. The Morgan fingerprint density at radius 2 is 2.32 bits per heavy atom. The van der Waals surface area contributed by atoms with Gasteiger partial charge in [0, 0.05) is 26.2 Å². The Morgan fingerprint density at radius 1 is 1.58 bits per heavy atom. The van der Waals surface area contributed by atoms with E-state index in [4.69, 9.17) is 10.6 Å². The number of likely N-dealkylation sites (N-methyl/N-ethyl adjacent to an activating group) is 1. The van der Waals surface area contributed by atoms with Gasteiger partial charge in [0.2, 0.25) is 0 Å². The molecule has 102 valence electrons. The van der Waals surface area contributed by atoms with E-state index in [2.05, 4.69) is 10.3 Å². The molecule has 2 aliphatic heterocycles. The molecule has 2 bridgehead atoms. The third-order valence-electron chi connectivity index (χ3n) is 3.81. The Kier molecular flexibility index (Phi) is 2.41. The van der Waals surface area contributed by atoms with E-state index in [1.54, 1.807) is 27.7 Å². The molecular weight excluding hydrogens is 248 g/mol. The van der Waals surface area contributed by atoms with Crippen LogP contribution < -0.4 is 5.73 Å². The Hall–Kier alpha value is -2.25. The number of urea groups is 1. The summed E-state index contributed by atoms with van der Waals surface area (Å²) in [5.41, 5.74) is 7.88. The van der Waals surface area contributed by atoms with Gasteiger partial charge in [-0.3, -0.25) is 4.68 Å². The molecule has 2 aliphatic rings. The standard InChI is InChI=1S/C11H16N6O2/c1-15-7-5-17(11(15)18)9(10(12)14-19-3)8-6(7)4-13-16(8)2/h4,7,9H,5H2,1-3H3,(H2,12,14)/t7-,9-/m0/s1. The first kappa shape index (κ1) is 11.8. The molecule has 19 heavy (non-hydrogen) atoms.